The van der Waals surface area contributed by atoms with Crippen molar-refractivity contribution in [2.24, 2.45) is 0 Å². The van der Waals surface area contributed by atoms with Crippen LogP contribution in [-0.2, 0) is 6.61 Å². The van der Waals surface area contributed by atoms with E-state index < -0.39 is 23.6 Å². The van der Waals surface area contributed by atoms with Crippen molar-refractivity contribution in [3.8, 4) is 5.75 Å². The molecule has 0 aliphatic heterocycles. The van der Waals surface area contributed by atoms with Gasteiger partial charge in [0.05, 0.1) is 6.10 Å². The quantitative estimate of drug-likeness (QED) is 0.925. The van der Waals surface area contributed by atoms with Crippen molar-refractivity contribution in [2.75, 3.05) is 0 Å². The average molecular weight is 282 g/mol. The number of hydrogen-bond acceptors (Lipinski definition) is 2. The van der Waals surface area contributed by atoms with Crippen molar-refractivity contribution in [1.82, 2.24) is 0 Å². The topological polar surface area (TPSA) is 29.5 Å². The van der Waals surface area contributed by atoms with Crippen LogP contribution in [0.3, 0.4) is 0 Å². The predicted molar refractivity (Wildman–Crippen MR) is 67.7 cm³/mol. The van der Waals surface area contributed by atoms with E-state index in [1.54, 1.807) is 0 Å². The molecule has 0 aliphatic carbocycles. The summed E-state index contributed by atoms with van der Waals surface area (Å²) in [4.78, 5) is 0. The molecule has 1 atom stereocenters. The minimum absolute atomic E-state index is 0.0463. The summed E-state index contributed by atoms with van der Waals surface area (Å²) in [6.45, 7) is 1.23. The summed E-state index contributed by atoms with van der Waals surface area (Å²) in [5.41, 5.74) is 0.194. The van der Waals surface area contributed by atoms with Crippen LogP contribution in [0.5, 0.6) is 5.75 Å². The SMILES string of the molecule is CC(O)c1ccc(OCc2cc(F)ccc2F)cc1F. The molecule has 0 saturated heterocycles. The highest BCUT2D eigenvalue weighted by atomic mass is 19.1. The molecular formula is C15H13F3O2. The summed E-state index contributed by atoms with van der Waals surface area (Å²) >= 11 is 0. The second-order valence-corrected chi connectivity index (χ2v) is 4.38. The molecule has 2 aromatic rings. The standard InChI is InChI=1S/C15H13F3O2/c1-9(19)13-4-3-12(7-15(13)18)20-8-10-6-11(16)2-5-14(10)17/h2-7,9,19H,8H2,1H3. The molecule has 2 rings (SSSR count). The highest BCUT2D eigenvalue weighted by Gasteiger charge is 2.10. The largest absolute Gasteiger partial charge is 0.489 e. The van der Waals surface area contributed by atoms with E-state index in [-0.39, 0.29) is 23.5 Å². The third-order valence-corrected chi connectivity index (χ3v) is 2.82. The predicted octanol–water partition coefficient (Wildman–Crippen LogP) is 3.74. The number of aliphatic hydroxyl groups excluding tert-OH is 1. The summed E-state index contributed by atoms with van der Waals surface area (Å²) < 4.78 is 45.1. The van der Waals surface area contributed by atoms with Gasteiger partial charge in [-0.1, -0.05) is 0 Å². The first-order valence-corrected chi connectivity index (χ1v) is 6.01. The number of aliphatic hydroxyl groups is 1. The third-order valence-electron chi connectivity index (χ3n) is 2.82. The zero-order valence-corrected chi connectivity index (χ0v) is 10.7. The smallest absolute Gasteiger partial charge is 0.132 e. The molecule has 5 heteroatoms. The molecule has 0 aromatic heterocycles. The summed E-state index contributed by atoms with van der Waals surface area (Å²) in [5, 5.41) is 9.30. The lowest BCUT2D eigenvalue weighted by atomic mass is 10.1. The van der Waals surface area contributed by atoms with E-state index in [0.29, 0.717) is 0 Å². The van der Waals surface area contributed by atoms with Gasteiger partial charge in [0.25, 0.3) is 0 Å². The van der Waals surface area contributed by atoms with Crippen LogP contribution in [0.25, 0.3) is 0 Å². The van der Waals surface area contributed by atoms with Gasteiger partial charge in [0.2, 0.25) is 0 Å². The Kier molecular flexibility index (Phi) is 4.29. The molecule has 2 nitrogen and oxygen atoms in total. The normalized spacial score (nSPS) is 12.2. The van der Waals surface area contributed by atoms with Crippen LogP contribution in [0, 0.1) is 17.5 Å². The maximum atomic E-state index is 13.6. The first-order valence-electron chi connectivity index (χ1n) is 6.01. The molecule has 1 unspecified atom stereocenters. The van der Waals surface area contributed by atoms with Crippen molar-refractivity contribution in [2.45, 2.75) is 19.6 Å². The molecule has 0 spiro atoms. The number of ether oxygens (including phenoxy) is 1. The molecule has 20 heavy (non-hydrogen) atoms. The zero-order chi connectivity index (χ0) is 14.7. The van der Waals surface area contributed by atoms with Crippen molar-refractivity contribution < 1.29 is 23.0 Å². The molecule has 0 amide bonds. The molecule has 1 N–H and O–H groups in total. The summed E-state index contributed by atoms with van der Waals surface area (Å²) in [7, 11) is 0. The van der Waals surface area contributed by atoms with Crippen LogP contribution < -0.4 is 4.74 Å². The van der Waals surface area contributed by atoms with Gasteiger partial charge < -0.3 is 9.84 Å². The summed E-state index contributed by atoms with van der Waals surface area (Å²) in [6, 6.07) is 6.98. The van der Waals surface area contributed by atoms with Gasteiger partial charge in [0, 0.05) is 17.2 Å². The number of benzene rings is 2. The first kappa shape index (κ1) is 14.4. The van der Waals surface area contributed by atoms with Crippen LogP contribution in [0.15, 0.2) is 36.4 Å². The molecule has 0 heterocycles. The van der Waals surface area contributed by atoms with Crippen LogP contribution in [-0.4, -0.2) is 5.11 Å². The first-order chi connectivity index (χ1) is 9.47. The lowest BCUT2D eigenvalue weighted by Gasteiger charge is -2.10. The van der Waals surface area contributed by atoms with Crippen LogP contribution >= 0.6 is 0 Å². The average Bonchev–Trinajstić information content (AvgIpc) is 2.39. The molecule has 0 saturated carbocycles. The second-order valence-electron chi connectivity index (χ2n) is 4.38. The highest BCUT2D eigenvalue weighted by molar-refractivity contribution is 5.30. The second kappa shape index (κ2) is 5.96. The van der Waals surface area contributed by atoms with Crippen molar-refractivity contribution in [3.63, 3.8) is 0 Å². The Morgan fingerprint density at radius 1 is 1.05 bits per heavy atom. The van der Waals surface area contributed by atoms with E-state index in [1.807, 2.05) is 0 Å². The lowest BCUT2D eigenvalue weighted by molar-refractivity contribution is 0.193. The van der Waals surface area contributed by atoms with E-state index in [9.17, 15) is 18.3 Å². The Balaban J connectivity index is 2.11. The minimum atomic E-state index is -0.926. The molecule has 0 fully saturated rings. The maximum absolute atomic E-state index is 13.6. The van der Waals surface area contributed by atoms with Crippen molar-refractivity contribution >= 4 is 0 Å². The van der Waals surface area contributed by atoms with Crippen molar-refractivity contribution in [3.05, 3.63) is 65.0 Å². The van der Waals surface area contributed by atoms with Gasteiger partial charge >= 0.3 is 0 Å². The molecule has 0 bridgehead atoms. The monoisotopic (exact) mass is 282 g/mol. The number of rotatable bonds is 4. The van der Waals surface area contributed by atoms with E-state index in [4.69, 9.17) is 4.74 Å². The van der Waals surface area contributed by atoms with Gasteiger partial charge in [-0.3, -0.25) is 0 Å². The fourth-order valence-electron chi connectivity index (χ4n) is 1.75. The Bertz CT molecular complexity index is 612. The molecule has 106 valence electrons. The number of halogens is 3. The van der Waals surface area contributed by atoms with E-state index in [0.717, 1.165) is 24.3 Å². The van der Waals surface area contributed by atoms with Gasteiger partial charge in [-0.2, -0.15) is 0 Å². The minimum Gasteiger partial charge on any atom is -0.489 e. The fourth-order valence-corrected chi connectivity index (χ4v) is 1.75. The van der Waals surface area contributed by atoms with Crippen LogP contribution in [0.1, 0.15) is 24.2 Å². The van der Waals surface area contributed by atoms with Gasteiger partial charge in [-0.25, -0.2) is 13.2 Å². The Labute approximate surface area is 114 Å². The van der Waals surface area contributed by atoms with Gasteiger partial charge in [-0.15, -0.1) is 0 Å². The maximum Gasteiger partial charge on any atom is 0.132 e. The lowest BCUT2D eigenvalue weighted by Crippen LogP contribution is -2.01. The highest BCUT2D eigenvalue weighted by Crippen LogP contribution is 2.22. The van der Waals surface area contributed by atoms with Crippen LogP contribution in [0.2, 0.25) is 0 Å². The van der Waals surface area contributed by atoms with Crippen molar-refractivity contribution in [1.29, 1.82) is 0 Å². The zero-order valence-electron chi connectivity index (χ0n) is 10.7. The van der Waals surface area contributed by atoms with Gasteiger partial charge in [0.15, 0.2) is 0 Å². The Hall–Kier alpha value is -2.01. The van der Waals surface area contributed by atoms with E-state index in [1.165, 1.54) is 19.1 Å². The molecule has 0 radical (unpaired) electrons. The Morgan fingerprint density at radius 2 is 1.80 bits per heavy atom. The van der Waals surface area contributed by atoms with Gasteiger partial charge in [0.1, 0.15) is 29.8 Å². The third kappa shape index (κ3) is 3.30. The van der Waals surface area contributed by atoms with E-state index in [2.05, 4.69) is 0 Å². The summed E-state index contributed by atoms with van der Waals surface area (Å²) in [5.74, 6) is -1.60. The molecule has 0 aliphatic rings. The van der Waals surface area contributed by atoms with Gasteiger partial charge in [-0.05, 0) is 37.3 Å². The fraction of sp³-hybridized carbons (Fsp3) is 0.200. The van der Waals surface area contributed by atoms with Crippen LogP contribution in [0.4, 0.5) is 13.2 Å². The Morgan fingerprint density at radius 3 is 2.45 bits per heavy atom. The summed E-state index contributed by atoms with van der Waals surface area (Å²) in [6.07, 6.45) is -0.926. The van der Waals surface area contributed by atoms with E-state index >= 15 is 0 Å². The number of hydrogen-bond donors (Lipinski definition) is 1. The molecule has 2 aromatic carbocycles. The molecular weight excluding hydrogens is 269 g/mol.